The van der Waals surface area contributed by atoms with Gasteiger partial charge in [0.05, 0.1) is 12.4 Å². The van der Waals surface area contributed by atoms with Gasteiger partial charge in [0.15, 0.2) is 0 Å². The summed E-state index contributed by atoms with van der Waals surface area (Å²) in [5.41, 5.74) is 0.694. The maximum absolute atomic E-state index is 11.4. The van der Waals surface area contributed by atoms with Gasteiger partial charge in [-0.3, -0.25) is 0 Å². The van der Waals surface area contributed by atoms with Crippen LogP contribution in [0.5, 0.6) is 5.75 Å². The number of ether oxygens (including phenoxy) is 1. The van der Waals surface area contributed by atoms with E-state index in [9.17, 15) is 8.42 Å². The zero-order valence-electron chi connectivity index (χ0n) is 11.8. The second kappa shape index (κ2) is 6.39. The fourth-order valence-corrected chi connectivity index (χ4v) is 3.41. The highest BCUT2D eigenvalue weighted by Gasteiger charge is 2.32. The first-order valence-corrected chi connectivity index (χ1v) is 8.22. The van der Waals surface area contributed by atoms with Gasteiger partial charge < -0.3 is 4.74 Å². The Hall–Kier alpha value is -1.07. The summed E-state index contributed by atoms with van der Waals surface area (Å²) in [5, 5.41) is 5.18. The molecule has 1 rings (SSSR count). The normalized spacial score (nSPS) is 12.4. The Morgan fingerprint density at radius 3 is 2.37 bits per heavy atom. The lowest BCUT2D eigenvalue weighted by atomic mass is 9.85. The Morgan fingerprint density at radius 2 is 1.89 bits per heavy atom. The Kier molecular flexibility index (Phi) is 5.38. The molecular formula is C14H23NO3S. The van der Waals surface area contributed by atoms with E-state index in [4.69, 9.17) is 9.88 Å². The number of primary sulfonamides is 1. The fraction of sp³-hybridized carbons (Fsp3) is 0.571. The molecule has 0 heterocycles. The lowest BCUT2D eigenvalue weighted by molar-refractivity contribution is 0.154. The smallest absolute Gasteiger partial charge is 0.209 e. The molecule has 0 amide bonds. The molecule has 1 aromatic rings. The molecule has 0 aliphatic rings. The van der Waals surface area contributed by atoms with Crippen molar-refractivity contribution in [3.05, 3.63) is 29.8 Å². The van der Waals surface area contributed by atoms with Crippen molar-refractivity contribution >= 4 is 10.0 Å². The summed E-state index contributed by atoms with van der Waals surface area (Å²) < 4.78 is 28.5. The van der Waals surface area contributed by atoms with Crippen molar-refractivity contribution in [2.75, 3.05) is 12.4 Å². The third kappa shape index (κ3) is 5.20. The van der Waals surface area contributed by atoms with Gasteiger partial charge in [-0.1, -0.05) is 26.0 Å². The lowest BCUT2D eigenvalue weighted by Crippen LogP contribution is -2.37. The molecule has 0 radical (unpaired) electrons. The van der Waals surface area contributed by atoms with Gasteiger partial charge in [-0.25, -0.2) is 13.6 Å². The van der Waals surface area contributed by atoms with Crippen LogP contribution in [0, 0.1) is 12.3 Å². The molecule has 0 unspecified atom stereocenters. The quantitative estimate of drug-likeness (QED) is 0.836. The van der Waals surface area contributed by atoms with Gasteiger partial charge in [-0.2, -0.15) is 0 Å². The predicted molar refractivity (Wildman–Crippen MR) is 77.7 cm³/mol. The molecule has 1 aromatic carbocycles. The van der Waals surface area contributed by atoms with E-state index >= 15 is 0 Å². The molecule has 2 N–H and O–H groups in total. The van der Waals surface area contributed by atoms with Crippen LogP contribution in [-0.2, 0) is 10.0 Å². The van der Waals surface area contributed by atoms with E-state index in [-0.39, 0.29) is 5.75 Å². The summed E-state index contributed by atoms with van der Waals surface area (Å²) in [5.74, 6) is 0.722. The van der Waals surface area contributed by atoms with Crippen molar-refractivity contribution in [1.29, 1.82) is 0 Å². The van der Waals surface area contributed by atoms with Gasteiger partial charge in [0.25, 0.3) is 0 Å². The molecule has 0 saturated heterocycles. The van der Waals surface area contributed by atoms with Crippen molar-refractivity contribution in [2.45, 2.75) is 33.6 Å². The molecule has 5 heteroatoms. The van der Waals surface area contributed by atoms with E-state index in [1.165, 1.54) is 0 Å². The fourth-order valence-electron chi connectivity index (χ4n) is 2.07. The van der Waals surface area contributed by atoms with Crippen molar-refractivity contribution < 1.29 is 13.2 Å². The number of aryl methyl sites for hydroxylation is 1. The van der Waals surface area contributed by atoms with Crippen LogP contribution in [0.4, 0.5) is 0 Å². The molecular weight excluding hydrogens is 262 g/mol. The first kappa shape index (κ1) is 16.0. The minimum absolute atomic E-state index is 0.0428. The van der Waals surface area contributed by atoms with Crippen LogP contribution >= 0.6 is 0 Å². The van der Waals surface area contributed by atoms with E-state index in [0.29, 0.717) is 19.4 Å². The monoisotopic (exact) mass is 285 g/mol. The van der Waals surface area contributed by atoms with Gasteiger partial charge in [0, 0.05) is 5.41 Å². The number of hydrogen-bond donors (Lipinski definition) is 1. The van der Waals surface area contributed by atoms with Crippen LogP contribution in [0.25, 0.3) is 0 Å². The summed E-state index contributed by atoms with van der Waals surface area (Å²) >= 11 is 0. The molecule has 0 saturated carbocycles. The van der Waals surface area contributed by atoms with E-state index in [1.54, 1.807) is 0 Å². The second-order valence-corrected chi connectivity index (χ2v) is 6.73. The van der Waals surface area contributed by atoms with Gasteiger partial charge in [0.1, 0.15) is 5.75 Å². The van der Waals surface area contributed by atoms with Crippen LogP contribution in [0.2, 0.25) is 0 Å². The number of benzene rings is 1. The van der Waals surface area contributed by atoms with Crippen molar-refractivity contribution in [1.82, 2.24) is 0 Å². The standard InChI is InChI=1S/C14H23NO3S/c1-4-14(5-2,11-19(15,16)17)10-18-13-8-6-7-12(3)9-13/h6-9H,4-5,10-11H2,1-3H3,(H2,15,16,17). The molecule has 0 aliphatic heterocycles. The van der Waals surface area contributed by atoms with Crippen LogP contribution in [0.3, 0.4) is 0 Å². The molecule has 0 spiro atoms. The Labute approximate surface area is 116 Å². The molecule has 0 aliphatic carbocycles. The van der Waals surface area contributed by atoms with Crippen LogP contribution in [-0.4, -0.2) is 20.8 Å². The third-order valence-corrected chi connectivity index (χ3v) is 4.56. The summed E-state index contributed by atoms with van der Waals surface area (Å²) in [6, 6.07) is 7.72. The number of rotatable bonds is 7. The van der Waals surface area contributed by atoms with Gasteiger partial charge in [-0.15, -0.1) is 0 Å². The molecule has 108 valence electrons. The van der Waals surface area contributed by atoms with E-state index in [1.807, 2.05) is 45.0 Å². The van der Waals surface area contributed by atoms with Crippen LogP contribution in [0.15, 0.2) is 24.3 Å². The van der Waals surface area contributed by atoms with Gasteiger partial charge in [0.2, 0.25) is 10.0 Å². The van der Waals surface area contributed by atoms with E-state index in [2.05, 4.69) is 0 Å². The van der Waals surface area contributed by atoms with Crippen molar-refractivity contribution in [3.8, 4) is 5.75 Å². The third-order valence-electron chi connectivity index (χ3n) is 3.54. The van der Waals surface area contributed by atoms with Crippen LogP contribution < -0.4 is 9.88 Å². The lowest BCUT2D eigenvalue weighted by Gasteiger charge is -2.30. The first-order chi connectivity index (χ1) is 8.80. The van der Waals surface area contributed by atoms with Crippen molar-refractivity contribution in [2.24, 2.45) is 10.6 Å². The minimum Gasteiger partial charge on any atom is -0.493 e. The Bertz CT molecular complexity index is 507. The zero-order chi connectivity index (χ0) is 14.5. The SMILES string of the molecule is CCC(CC)(COc1cccc(C)c1)CS(N)(=O)=O. The van der Waals surface area contributed by atoms with Gasteiger partial charge in [-0.05, 0) is 37.5 Å². The zero-order valence-corrected chi connectivity index (χ0v) is 12.7. The molecule has 4 nitrogen and oxygen atoms in total. The maximum atomic E-state index is 11.4. The molecule has 0 fully saturated rings. The summed E-state index contributed by atoms with van der Waals surface area (Å²) in [4.78, 5) is 0. The van der Waals surface area contributed by atoms with E-state index < -0.39 is 15.4 Å². The maximum Gasteiger partial charge on any atom is 0.209 e. The van der Waals surface area contributed by atoms with Crippen molar-refractivity contribution in [3.63, 3.8) is 0 Å². The average molecular weight is 285 g/mol. The number of hydrogen-bond acceptors (Lipinski definition) is 3. The van der Waals surface area contributed by atoms with Crippen LogP contribution in [0.1, 0.15) is 32.3 Å². The molecule has 0 aromatic heterocycles. The average Bonchev–Trinajstić information content (AvgIpc) is 2.33. The van der Waals surface area contributed by atoms with E-state index in [0.717, 1.165) is 11.3 Å². The summed E-state index contributed by atoms with van der Waals surface area (Å²) in [6.07, 6.45) is 1.43. The first-order valence-electron chi connectivity index (χ1n) is 6.50. The highest BCUT2D eigenvalue weighted by atomic mass is 32.2. The summed E-state index contributed by atoms with van der Waals surface area (Å²) in [7, 11) is -3.50. The summed E-state index contributed by atoms with van der Waals surface area (Å²) in [6.45, 7) is 6.28. The predicted octanol–water partition coefficient (Wildman–Crippen LogP) is 2.47. The Morgan fingerprint density at radius 1 is 1.26 bits per heavy atom. The second-order valence-electron chi connectivity index (χ2n) is 5.12. The molecule has 0 atom stereocenters. The highest BCUT2D eigenvalue weighted by Crippen LogP contribution is 2.29. The largest absolute Gasteiger partial charge is 0.493 e. The molecule has 0 bridgehead atoms. The Balaban J connectivity index is 2.79. The minimum atomic E-state index is -3.50. The molecule has 19 heavy (non-hydrogen) atoms. The topological polar surface area (TPSA) is 69.4 Å². The number of sulfonamides is 1. The highest BCUT2D eigenvalue weighted by molar-refractivity contribution is 7.89. The van der Waals surface area contributed by atoms with Gasteiger partial charge >= 0.3 is 0 Å². The number of nitrogens with two attached hydrogens (primary N) is 1.